The Hall–Kier alpha value is -2.96. The SMILES string of the molecule is O=C(Nc1ccc(Cn2ccnc2)cc1)c1n[nH]nc1C1CC1. The van der Waals surface area contributed by atoms with Crippen LogP contribution in [0.1, 0.15) is 40.5 Å². The van der Waals surface area contributed by atoms with E-state index in [9.17, 15) is 4.79 Å². The first-order valence-corrected chi connectivity index (χ1v) is 7.56. The standard InChI is InChI=1S/C16H16N6O/c23-16(15-14(12-3-4-12)19-21-20-15)18-13-5-1-11(2-6-13)9-22-8-7-17-10-22/h1-2,5-8,10,12H,3-4,9H2,(H,18,23)(H,19,20,21). The van der Waals surface area contributed by atoms with Crippen molar-refractivity contribution in [2.45, 2.75) is 25.3 Å². The van der Waals surface area contributed by atoms with E-state index in [1.54, 1.807) is 12.5 Å². The van der Waals surface area contributed by atoms with Gasteiger partial charge in [-0.05, 0) is 30.5 Å². The second-order valence-corrected chi connectivity index (χ2v) is 5.72. The molecule has 23 heavy (non-hydrogen) atoms. The molecule has 1 amide bonds. The van der Waals surface area contributed by atoms with Crippen molar-refractivity contribution in [3.8, 4) is 0 Å². The highest BCUT2D eigenvalue weighted by Gasteiger charge is 2.31. The molecule has 4 rings (SSSR count). The van der Waals surface area contributed by atoms with Gasteiger partial charge >= 0.3 is 0 Å². The number of carbonyl (C=O) groups is 1. The van der Waals surface area contributed by atoms with Gasteiger partial charge in [-0.25, -0.2) is 4.98 Å². The van der Waals surface area contributed by atoms with Crippen molar-refractivity contribution in [2.24, 2.45) is 0 Å². The molecule has 7 nitrogen and oxygen atoms in total. The van der Waals surface area contributed by atoms with Crippen molar-refractivity contribution in [3.63, 3.8) is 0 Å². The summed E-state index contributed by atoms with van der Waals surface area (Å²) in [6.45, 7) is 0.753. The molecule has 1 aliphatic rings. The van der Waals surface area contributed by atoms with Gasteiger partial charge in [-0.2, -0.15) is 15.4 Å². The van der Waals surface area contributed by atoms with Crippen LogP contribution in [0.2, 0.25) is 0 Å². The molecule has 0 spiro atoms. The predicted molar refractivity (Wildman–Crippen MR) is 84.1 cm³/mol. The molecule has 0 bridgehead atoms. The van der Waals surface area contributed by atoms with E-state index in [-0.39, 0.29) is 5.91 Å². The van der Waals surface area contributed by atoms with Gasteiger partial charge in [0.2, 0.25) is 0 Å². The summed E-state index contributed by atoms with van der Waals surface area (Å²) in [7, 11) is 0. The topological polar surface area (TPSA) is 88.5 Å². The summed E-state index contributed by atoms with van der Waals surface area (Å²) in [5.41, 5.74) is 3.06. The van der Waals surface area contributed by atoms with Gasteiger partial charge in [0.05, 0.1) is 12.0 Å². The molecule has 2 N–H and O–H groups in total. The summed E-state index contributed by atoms with van der Waals surface area (Å²) < 4.78 is 1.99. The molecular weight excluding hydrogens is 292 g/mol. The Balaban J connectivity index is 1.44. The predicted octanol–water partition coefficient (Wildman–Crippen LogP) is 2.18. The van der Waals surface area contributed by atoms with Crippen molar-refractivity contribution in [3.05, 3.63) is 59.9 Å². The minimum atomic E-state index is -0.219. The number of carbonyl (C=O) groups excluding carboxylic acids is 1. The van der Waals surface area contributed by atoms with E-state index in [0.29, 0.717) is 11.6 Å². The average Bonchev–Trinajstić information content (AvgIpc) is 3.07. The quantitative estimate of drug-likeness (QED) is 0.756. The van der Waals surface area contributed by atoms with Crippen molar-refractivity contribution in [1.82, 2.24) is 25.0 Å². The number of H-pyrrole nitrogens is 1. The lowest BCUT2D eigenvalue weighted by atomic mass is 10.2. The molecular formula is C16H16N6O. The molecule has 1 aliphatic carbocycles. The molecule has 0 aliphatic heterocycles. The molecule has 0 atom stereocenters. The lowest BCUT2D eigenvalue weighted by Gasteiger charge is -2.06. The fourth-order valence-electron chi connectivity index (χ4n) is 2.52. The Morgan fingerprint density at radius 3 is 2.78 bits per heavy atom. The van der Waals surface area contributed by atoms with Crippen LogP contribution in [-0.2, 0) is 6.54 Å². The summed E-state index contributed by atoms with van der Waals surface area (Å²) in [6.07, 6.45) is 7.61. The number of aromatic amines is 1. The zero-order chi connectivity index (χ0) is 15.6. The third-order valence-electron chi connectivity index (χ3n) is 3.89. The summed E-state index contributed by atoms with van der Waals surface area (Å²) in [4.78, 5) is 16.3. The van der Waals surface area contributed by atoms with E-state index >= 15 is 0 Å². The molecule has 1 aromatic carbocycles. The van der Waals surface area contributed by atoms with Gasteiger partial charge < -0.3 is 9.88 Å². The van der Waals surface area contributed by atoms with Crippen LogP contribution < -0.4 is 5.32 Å². The Labute approximate surface area is 132 Å². The summed E-state index contributed by atoms with van der Waals surface area (Å²) >= 11 is 0. The molecule has 116 valence electrons. The first-order valence-electron chi connectivity index (χ1n) is 7.56. The van der Waals surface area contributed by atoms with Crippen LogP contribution in [0, 0.1) is 0 Å². The second kappa shape index (κ2) is 5.68. The number of benzene rings is 1. The highest BCUT2D eigenvalue weighted by Crippen LogP contribution is 2.40. The molecule has 2 heterocycles. The average molecular weight is 308 g/mol. The maximum Gasteiger partial charge on any atom is 0.278 e. The lowest BCUT2D eigenvalue weighted by molar-refractivity contribution is 0.102. The number of anilines is 1. The number of amides is 1. The van der Waals surface area contributed by atoms with Gasteiger partial charge in [-0.1, -0.05) is 12.1 Å². The second-order valence-electron chi connectivity index (χ2n) is 5.72. The summed E-state index contributed by atoms with van der Waals surface area (Å²) in [5, 5.41) is 13.5. The molecule has 7 heteroatoms. The summed E-state index contributed by atoms with van der Waals surface area (Å²) in [6, 6.07) is 7.75. The van der Waals surface area contributed by atoms with Crippen LogP contribution in [-0.4, -0.2) is 30.9 Å². The van der Waals surface area contributed by atoms with E-state index in [4.69, 9.17) is 0 Å². The van der Waals surface area contributed by atoms with Gasteiger partial charge in [0.15, 0.2) is 5.69 Å². The van der Waals surface area contributed by atoms with E-state index in [0.717, 1.165) is 36.3 Å². The van der Waals surface area contributed by atoms with Gasteiger partial charge in [-0.15, -0.1) is 0 Å². The molecule has 1 fully saturated rings. The molecule has 0 saturated heterocycles. The van der Waals surface area contributed by atoms with E-state index in [1.807, 2.05) is 35.0 Å². The summed E-state index contributed by atoms with van der Waals surface area (Å²) in [5.74, 6) is 0.162. The van der Waals surface area contributed by atoms with Crippen molar-refractivity contribution >= 4 is 11.6 Å². The fourth-order valence-corrected chi connectivity index (χ4v) is 2.52. The number of imidazole rings is 1. The number of nitrogens with zero attached hydrogens (tertiary/aromatic N) is 4. The van der Waals surface area contributed by atoms with Crippen LogP contribution in [0.5, 0.6) is 0 Å². The molecule has 0 radical (unpaired) electrons. The first-order chi connectivity index (χ1) is 11.3. The number of hydrogen-bond acceptors (Lipinski definition) is 4. The number of rotatable bonds is 5. The van der Waals surface area contributed by atoms with Crippen LogP contribution in [0.3, 0.4) is 0 Å². The number of aromatic nitrogens is 5. The van der Waals surface area contributed by atoms with E-state index < -0.39 is 0 Å². The molecule has 3 aromatic rings. The monoisotopic (exact) mass is 308 g/mol. The molecule has 0 unspecified atom stereocenters. The third kappa shape index (κ3) is 2.98. The van der Waals surface area contributed by atoms with Crippen molar-refractivity contribution in [2.75, 3.05) is 5.32 Å². The number of hydrogen-bond donors (Lipinski definition) is 2. The molecule has 1 saturated carbocycles. The normalized spacial score (nSPS) is 13.9. The Bertz CT molecular complexity index is 801. The highest BCUT2D eigenvalue weighted by atomic mass is 16.2. The van der Waals surface area contributed by atoms with E-state index in [1.165, 1.54) is 0 Å². The van der Waals surface area contributed by atoms with Gasteiger partial charge in [0, 0.05) is 30.5 Å². The van der Waals surface area contributed by atoms with Crippen molar-refractivity contribution < 1.29 is 4.79 Å². The lowest BCUT2D eigenvalue weighted by Crippen LogP contribution is -2.14. The van der Waals surface area contributed by atoms with Crippen LogP contribution in [0.4, 0.5) is 5.69 Å². The zero-order valence-electron chi connectivity index (χ0n) is 12.4. The van der Waals surface area contributed by atoms with Gasteiger partial charge in [-0.3, -0.25) is 4.79 Å². The Morgan fingerprint density at radius 2 is 2.09 bits per heavy atom. The van der Waals surface area contributed by atoms with Gasteiger partial charge in [0.25, 0.3) is 5.91 Å². The maximum absolute atomic E-state index is 12.3. The Morgan fingerprint density at radius 1 is 1.26 bits per heavy atom. The smallest absolute Gasteiger partial charge is 0.278 e. The van der Waals surface area contributed by atoms with E-state index in [2.05, 4.69) is 25.7 Å². The zero-order valence-corrected chi connectivity index (χ0v) is 12.4. The third-order valence-corrected chi connectivity index (χ3v) is 3.89. The minimum absolute atomic E-state index is 0.219. The fraction of sp³-hybridized carbons (Fsp3) is 0.250. The highest BCUT2D eigenvalue weighted by molar-refractivity contribution is 6.03. The first kappa shape index (κ1) is 13.7. The largest absolute Gasteiger partial charge is 0.333 e. The van der Waals surface area contributed by atoms with Gasteiger partial charge in [0.1, 0.15) is 0 Å². The van der Waals surface area contributed by atoms with Crippen LogP contribution in [0.25, 0.3) is 0 Å². The van der Waals surface area contributed by atoms with Crippen LogP contribution in [0.15, 0.2) is 43.0 Å². The van der Waals surface area contributed by atoms with Crippen molar-refractivity contribution in [1.29, 1.82) is 0 Å². The molecule has 2 aromatic heterocycles. The Kier molecular flexibility index (Phi) is 3.38. The minimum Gasteiger partial charge on any atom is -0.333 e. The number of nitrogens with one attached hydrogen (secondary N) is 2. The maximum atomic E-state index is 12.3. The van der Waals surface area contributed by atoms with Crippen LogP contribution >= 0.6 is 0 Å².